The highest BCUT2D eigenvalue weighted by molar-refractivity contribution is 5.75. The molecule has 0 aromatic rings. The van der Waals surface area contributed by atoms with Crippen LogP contribution in [0.3, 0.4) is 0 Å². The van der Waals surface area contributed by atoms with Crippen molar-refractivity contribution in [3.8, 4) is 0 Å². The highest BCUT2D eigenvalue weighted by atomic mass is 16.2. The van der Waals surface area contributed by atoms with Crippen molar-refractivity contribution in [2.45, 2.75) is 201 Å². The molecule has 1 fully saturated rings. The molecule has 2 nitrogen and oxygen atoms in total. The molecule has 0 spiro atoms. The Hall–Kier alpha value is -0.790. The second kappa shape index (κ2) is 28.3. The molecular weight excluding hydrogens is 486 g/mol. The second-order valence-electron chi connectivity index (χ2n) is 13.8. The molecule has 0 aromatic heterocycles. The summed E-state index contributed by atoms with van der Waals surface area (Å²) in [6.07, 6.45) is 41.5. The summed E-state index contributed by atoms with van der Waals surface area (Å²) in [5, 5.41) is 0. The Balaban J connectivity index is 0.000000774. The second-order valence-corrected chi connectivity index (χ2v) is 13.8. The third-order valence-electron chi connectivity index (χ3n) is 9.02. The predicted molar refractivity (Wildman–Crippen MR) is 181 cm³/mol. The van der Waals surface area contributed by atoms with Gasteiger partial charge in [-0.1, -0.05) is 162 Å². The zero-order valence-electron chi connectivity index (χ0n) is 28.7. The Bertz CT molecular complexity index is 564. The van der Waals surface area contributed by atoms with Crippen LogP contribution in [0.1, 0.15) is 201 Å². The van der Waals surface area contributed by atoms with E-state index in [1.165, 1.54) is 161 Å². The number of allylic oxidation sites excluding steroid dienone is 2. The van der Waals surface area contributed by atoms with Gasteiger partial charge in [-0.2, -0.15) is 0 Å². The van der Waals surface area contributed by atoms with Gasteiger partial charge in [-0.25, -0.2) is 0 Å². The SMILES string of the molecule is CCCCCCCC/C=C\CCCCCCCC(=O)N(C)C.CCCCCCCCCCCCCC1CC1(C)C. The van der Waals surface area contributed by atoms with Crippen molar-refractivity contribution in [3.05, 3.63) is 12.2 Å². The number of amides is 1. The fraction of sp³-hybridized carbons (Fsp3) is 0.921. The molecule has 1 saturated carbocycles. The summed E-state index contributed by atoms with van der Waals surface area (Å²) in [6, 6.07) is 0. The number of hydrogen-bond donors (Lipinski definition) is 0. The van der Waals surface area contributed by atoms with E-state index in [0.717, 1.165) is 12.3 Å². The standard InChI is InChI=1S/C20H39NO.C18H36/c1-4-5-6-7-8-9-10-11-12-13-14-15-16-17-18-19-20(22)21(2)3;1-4-5-6-7-8-9-10-11-12-13-14-15-17-16-18(17,2)3/h11-12H,4-10,13-19H2,1-3H3;17H,4-16H2,1-3H3/b12-11-;. The highest BCUT2D eigenvalue weighted by Gasteiger charge is 2.44. The van der Waals surface area contributed by atoms with Gasteiger partial charge in [-0.3, -0.25) is 4.79 Å². The summed E-state index contributed by atoms with van der Waals surface area (Å²) in [5.41, 5.74) is 0.707. The summed E-state index contributed by atoms with van der Waals surface area (Å²) in [5.74, 6) is 1.33. The minimum atomic E-state index is 0.262. The van der Waals surface area contributed by atoms with Crippen LogP contribution in [0.2, 0.25) is 0 Å². The van der Waals surface area contributed by atoms with E-state index in [2.05, 4.69) is 39.8 Å². The number of rotatable bonds is 27. The maximum Gasteiger partial charge on any atom is 0.222 e. The Labute approximate surface area is 253 Å². The van der Waals surface area contributed by atoms with Crippen LogP contribution in [-0.2, 0) is 4.79 Å². The topological polar surface area (TPSA) is 20.3 Å². The lowest BCUT2D eigenvalue weighted by Crippen LogP contribution is -2.20. The Morgan fingerprint density at radius 2 is 0.950 bits per heavy atom. The third-order valence-corrected chi connectivity index (χ3v) is 9.02. The van der Waals surface area contributed by atoms with Gasteiger partial charge in [0.25, 0.3) is 0 Å². The first-order valence-electron chi connectivity index (χ1n) is 18.2. The zero-order chi connectivity index (χ0) is 29.7. The average Bonchev–Trinajstić information content (AvgIpc) is 3.55. The van der Waals surface area contributed by atoms with E-state index in [0.29, 0.717) is 11.8 Å². The van der Waals surface area contributed by atoms with E-state index < -0.39 is 0 Å². The molecule has 1 unspecified atom stereocenters. The first kappa shape index (κ1) is 39.2. The fourth-order valence-corrected chi connectivity index (χ4v) is 5.69. The number of carbonyl (C=O) groups excluding carboxylic acids is 1. The molecule has 0 N–H and O–H groups in total. The molecule has 1 amide bonds. The minimum Gasteiger partial charge on any atom is -0.349 e. The Kier molecular flexibility index (Phi) is 27.8. The molecule has 1 rings (SSSR count). The average molecular weight is 562 g/mol. The highest BCUT2D eigenvalue weighted by Crippen LogP contribution is 2.54. The van der Waals surface area contributed by atoms with Crippen molar-refractivity contribution >= 4 is 5.91 Å². The lowest BCUT2D eigenvalue weighted by atomic mass is 10.0. The summed E-state index contributed by atoms with van der Waals surface area (Å²) >= 11 is 0. The third kappa shape index (κ3) is 27.4. The molecule has 0 bridgehead atoms. The van der Waals surface area contributed by atoms with E-state index in [4.69, 9.17) is 0 Å². The molecule has 0 aliphatic heterocycles. The molecule has 1 aliphatic carbocycles. The Morgan fingerprint density at radius 1 is 0.600 bits per heavy atom. The van der Waals surface area contributed by atoms with Crippen molar-refractivity contribution in [1.82, 2.24) is 4.90 Å². The molecule has 0 aromatic carbocycles. The van der Waals surface area contributed by atoms with Gasteiger partial charge in [0, 0.05) is 20.5 Å². The smallest absolute Gasteiger partial charge is 0.222 e. The molecule has 238 valence electrons. The van der Waals surface area contributed by atoms with Crippen molar-refractivity contribution in [2.75, 3.05) is 14.1 Å². The molecule has 1 atom stereocenters. The molecular formula is C38H75NO. The van der Waals surface area contributed by atoms with Gasteiger partial charge in [-0.05, 0) is 56.3 Å². The van der Waals surface area contributed by atoms with Gasteiger partial charge in [-0.15, -0.1) is 0 Å². The van der Waals surface area contributed by atoms with Crippen molar-refractivity contribution in [2.24, 2.45) is 11.3 Å². The molecule has 0 radical (unpaired) electrons. The summed E-state index contributed by atoms with van der Waals surface area (Å²) in [4.78, 5) is 13.1. The van der Waals surface area contributed by atoms with E-state index in [9.17, 15) is 4.79 Å². The Morgan fingerprint density at radius 3 is 1.32 bits per heavy atom. The largest absolute Gasteiger partial charge is 0.349 e. The molecule has 40 heavy (non-hydrogen) atoms. The number of unbranched alkanes of at least 4 members (excludes halogenated alkanes) is 21. The first-order valence-corrected chi connectivity index (χ1v) is 18.2. The van der Waals surface area contributed by atoms with Crippen LogP contribution in [0.4, 0.5) is 0 Å². The fourth-order valence-electron chi connectivity index (χ4n) is 5.69. The van der Waals surface area contributed by atoms with Crippen LogP contribution >= 0.6 is 0 Å². The van der Waals surface area contributed by atoms with Gasteiger partial charge in [0.05, 0.1) is 0 Å². The number of nitrogens with zero attached hydrogens (tertiary/aromatic N) is 1. The lowest BCUT2D eigenvalue weighted by molar-refractivity contribution is -0.128. The van der Waals surface area contributed by atoms with Gasteiger partial charge < -0.3 is 4.90 Å². The summed E-state index contributed by atoms with van der Waals surface area (Å²) < 4.78 is 0. The van der Waals surface area contributed by atoms with Gasteiger partial charge in [0.2, 0.25) is 5.91 Å². The predicted octanol–water partition coefficient (Wildman–Crippen LogP) is 12.8. The van der Waals surface area contributed by atoms with E-state index in [1.807, 2.05) is 14.1 Å². The quantitative estimate of drug-likeness (QED) is 0.0721. The maximum atomic E-state index is 11.4. The lowest BCUT2D eigenvalue weighted by Gasteiger charge is -2.09. The van der Waals surface area contributed by atoms with Gasteiger partial charge in [0.15, 0.2) is 0 Å². The van der Waals surface area contributed by atoms with E-state index in [-0.39, 0.29) is 5.91 Å². The number of carbonyl (C=O) groups is 1. The monoisotopic (exact) mass is 562 g/mol. The molecule has 0 heterocycles. The van der Waals surface area contributed by atoms with Crippen molar-refractivity contribution in [3.63, 3.8) is 0 Å². The maximum absolute atomic E-state index is 11.4. The normalized spacial score (nSPS) is 15.7. The first-order chi connectivity index (χ1) is 19.3. The van der Waals surface area contributed by atoms with E-state index in [1.54, 1.807) is 4.90 Å². The molecule has 2 heteroatoms. The van der Waals surface area contributed by atoms with Crippen LogP contribution in [0.15, 0.2) is 12.2 Å². The van der Waals surface area contributed by atoms with Gasteiger partial charge in [0.1, 0.15) is 0 Å². The van der Waals surface area contributed by atoms with E-state index >= 15 is 0 Å². The van der Waals surface area contributed by atoms with Crippen molar-refractivity contribution < 1.29 is 4.79 Å². The molecule has 1 aliphatic rings. The van der Waals surface area contributed by atoms with Crippen LogP contribution in [0.5, 0.6) is 0 Å². The van der Waals surface area contributed by atoms with Crippen LogP contribution in [0, 0.1) is 11.3 Å². The van der Waals surface area contributed by atoms with Crippen molar-refractivity contribution in [1.29, 1.82) is 0 Å². The summed E-state index contributed by atoms with van der Waals surface area (Å²) in [7, 11) is 3.67. The van der Waals surface area contributed by atoms with Gasteiger partial charge >= 0.3 is 0 Å². The minimum absolute atomic E-state index is 0.262. The zero-order valence-corrected chi connectivity index (χ0v) is 28.7. The molecule has 0 saturated heterocycles. The van der Waals surface area contributed by atoms with Crippen LogP contribution in [0.25, 0.3) is 0 Å². The number of hydrogen-bond acceptors (Lipinski definition) is 1. The summed E-state index contributed by atoms with van der Waals surface area (Å²) in [6.45, 7) is 9.42. The van der Waals surface area contributed by atoms with Crippen LogP contribution in [-0.4, -0.2) is 24.9 Å². The van der Waals surface area contributed by atoms with Crippen LogP contribution < -0.4 is 0 Å².